The Labute approximate surface area is 248 Å². The summed E-state index contributed by atoms with van der Waals surface area (Å²) in [4.78, 5) is 39.2. The summed E-state index contributed by atoms with van der Waals surface area (Å²) in [5, 5.41) is 26.5. The third kappa shape index (κ3) is 5.77. The number of rotatable bonds is 9. The molecule has 2 saturated heterocycles. The van der Waals surface area contributed by atoms with E-state index in [-0.39, 0.29) is 12.6 Å². The quantitative estimate of drug-likeness (QED) is 0.275. The van der Waals surface area contributed by atoms with Gasteiger partial charge in [0.2, 0.25) is 0 Å². The number of likely N-dealkylation sites (tertiary alicyclic amines) is 1. The van der Waals surface area contributed by atoms with Crippen molar-refractivity contribution in [3.8, 4) is 0 Å². The molecule has 4 heterocycles. The van der Waals surface area contributed by atoms with Gasteiger partial charge in [-0.05, 0) is 62.4 Å². The van der Waals surface area contributed by atoms with Crippen molar-refractivity contribution in [1.82, 2.24) is 24.8 Å². The zero-order valence-corrected chi connectivity index (χ0v) is 24.5. The second kappa shape index (κ2) is 12.2. The van der Waals surface area contributed by atoms with Crippen molar-refractivity contribution in [2.24, 2.45) is 0 Å². The predicted octanol–water partition coefficient (Wildman–Crippen LogP) is 3.15. The SMILES string of the molecule is Cc1nc2ccccc2n1Cc1csc(CNC(=O)[C@H](O)[C@@H](O)C(=O)N2CCCC2c2cccc(N3CCCC3)c2)n1. The van der Waals surface area contributed by atoms with E-state index in [4.69, 9.17) is 0 Å². The maximum Gasteiger partial charge on any atom is 0.255 e. The van der Waals surface area contributed by atoms with E-state index in [1.54, 1.807) is 4.90 Å². The maximum atomic E-state index is 13.3. The molecule has 2 aromatic carbocycles. The van der Waals surface area contributed by atoms with Crippen LogP contribution in [0.25, 0.3) is 11.0 Å². The van der Waals surface area contributed by atoms with Crippen LogP contribution in [0.2, 0.25) is 0 Å². The number of amides is 2. The van der Waals surface area contributed by atoms with Gasteiger partial charge in [-0.25, -0.2) is 9.97 Å². The van der Waals surface area contributed by atoms with E-state index in [1.165, 1.54) is 24.2 Å². The van der Waals surface area contributed by atoms with Crippen molar-refractivity contribution in [1.29, 1.82) is 0 Å². The molecule has 2 aliphatic heterocycles. The monoisotopic (exact) mass is 588 g/mol. The molecule has 0 spiro atoms. The zero-order valence-electron chi connectivity index (χ0n) is 23.6. The van der Waals surface area contributed by atoms with Crippen molar-refractivity contribution in [2.45, 2.75) is 63.9 Å². The number of aliphatic hydroxyl groups is 2. The lowest BCUT2D eigenvalue weighted by Gasteiger charge is -2.29. The topological polar surface area (TPSA) is 124 Å². The van der Waals surface area contributed by atoms with Crippen LogP contribution in [-0.2, 0) is 22.7 Å². The summed E-state index contributed by atoms with van der Waals surface area (Å²) < 4.78 is 2.09. The molecule has 220 valence electrons. The molecule has 3 N–H and O–H groups in total. The smallest absolute Gasteiger partial charge is 0.255 e. The number of nitrogens with one attached hydrogen (secondary N) is 1. The van der Waals surface area contributed by atoms with Gasteiger partial charge in [0.05, 0.1) is 35.9 Å². The fourth-order valence-electron chi connectivity index (χ4n) is 6.06. The van der Waals surface area contributed by atoms with Crippen molar-refractivity contribution in [2.75, 3.05) is 24.5 Å². The number of thiazole rings is 1. The van der Waals surface area contributed by atoms with Gasteiger partial charge in [-0.1, -0.05) is 24.3 Å². The number of carbonyl (C=O) groups excluding carboxylic acids is 2. The van der Waals surface area contributed by atoms with Crippen LogP contribution in [0.3, 0.4) is 0 Å². The standard InChI is InChI=1S/C31H36N6O4S/c1-20-33-24-10-2-3-11-26(24)37(20)18-22-19-42-27(34-22)17-32-30(40)28(38)29(39)31(41)36-15-7-12-25(36)21-8-6-9-23(16-21)35-13-4-5-14-35/h2-3,6,8-11,16,19,25,28-29,38-39H,4-5,7,12-15,17-18H2,1H3,(H,32,40)/t25?,28-,29-/m1/s1. The first-order valence-electron chi connectivity index (χ1n) is 14.5. The first-order valence-corrected chi connectivity index (χ1v) is 15.4. The third-order valence-electron chi connectivity index (χ3n) is 8.26. The molecular formula is C31H36N6O4S. The lowest BCUT2D eigenvalue weighted by atomic mass is 10.0. The lowest BCUT2D eigenvalue weighted by Crippen LogP contribution is -2.50. The minimum absolute atomic E-state index is 0.0841. The normalized spacial score (nSPS) is 18.5. The van der Waals surface area contributed by atoms with Gasteiger partial charge in [-0.3, -0.25) is 9.59 Å². The Hall–Kier alpha value is -3.80. The number of benzene rings is 2. The van der Waals surface area contributed by atoms with Crippen LogP contribution in [0.15, 0.2) is 53.9 Å². The number of aryl methyl sites for hydroxylation is 1. The summed E-state index contributed by atoms with van der Waals surface area (Å²) in [5.41, 5.74) is 4.94. The molecule has 4 aromatic rings. The molecular weight excluding hydrogens is 552 g/mol. The average Bonchev–Trinajstić information content (AvgIpc) is 3.83. The highest BCUT2D eigenvalue weighted by atomic mass is 32.1. The number of hydrogen-bond acceptors (Lipinski definition) is 8. The molecule has 11 heteroatoms. The van der Waals surface area contributed by atoms with Crippen LogP contribution < -0.4 is 10.2 Å². The number of anilines is 1. The fourth-order valence-corrected chi connectivity index (χ4v) is 6.78. The first-order chi connectivity index (χ1) is 20.4. The third-order valence-corrected chi connectivity index (χ3v) is 9.16. The zero-order chi connectivity index (χ0) is 29.2. The van der Waals surface area contributed by atoms with E-state index < -0.39 is 24.0 Å². The number of nitrogens with zero attached hydrogens (tertiary/aromatic N) is 5. The number of hydrogen-bond donors (Lipinski definition) is 3. The van der Waals surface area contributed by atoms with E-state index in [0.29, 0.717) is 18.1 Å². The maximum absolute atomic E-state index is 13.3. The largest absolute Gasteiger partial charge is 0.380 e. The van der Waals surface area contributed by atoms with Crippen LogP contribution in [0, 0.1) is 6.92 Å². The van der Waals surface area contributed by atoms with Gasteiger partial charge in [0.25, 0.3) is 11.8 Å². The van der Waals surface area contributed by atoms with Crippen LogP contribution in [-0.4, -0.2) is 73.3 Å². The molecule has 2 aliphatic rings. The Morgan fingerprint density at radius 2 is 1.83 bits per heavy atom. The molecule has 42 heavy (non-hydrogen) atoms. The highest BCUT2D eigenvalue weighted by Crippen LogP contribution is 2.35. The first kappa shape index (κ1) is 28.3. The van der Waals surface area contributed by atoms with E-state index in [2.05, 4.69) is 36.9 Å². The number of aromatic nitrogens is 3. The molecule has 1 unspecified atom stereocenters. The van der Waals surface area contributed by atoms with E-state index in [0.717, 1.165) is 59.7 Å². The van der Waals surface area contributed by atoms with Gasteiger partial charge in [0, 0.05) is 30.7 Å². The second-order valence-corrected chi connectivity index (χ2v) is 12.0. The van der Waals surface area contributed by atoms with Crippen molar-refractivity contribution in [3.63, 3.8) is 0 Å². The summed E-state index contributed by atoms with van der Waals surface area (Å²) in [5.74, 6) is -0.553. The van der Waals surface area contributed by atoms with Gasteiger partial charge in [-0.15, -0.1) is 11.3 Å². The second-order valence-electron chi connectivity index (χ2n) is 11.1. The Bertz CT molecular complexity index is 1580. The Balaban J connectivity index is 1.05. The lowest BCUT2D eigenvalue weighted by molar-refractivity contribution is -0.153. The molecule has 2 amide bonds. The highest BCUT2D eigenvalue weighted by molar-refractivity contribution is 7.09. The molecule has 0 aliphatic carbocycles. The molecule has 2 aromatic heterocycles. The molecule has 0 bridgehead atoms. The number of fused-ring (bicyclic) bond motifs is 1. The summed E-state index contributed by atoms with van der Waals surface area (Å²) >= 11 is 1.40. The minimum Gasteiger partial charge on any atom is -0.380 e. The molecule has 3 atom stereocenters. The summed E-state index contributed by atoms with van der Waals surface area (Å²) in [6, 6.07) is 15.9. The number of imidazole rings is 1. The van der Waals surface area contributed by atoms with Crippen molar-refractivity contribution < 1.29 is 19.8 Å². The minimum atomic E-state index is -1.88. The van der Waals surface area contributed by atoms with Crippen LogP contribution in [0.4, 0.5) is 5.69 Å². The van der Waals surface area contributed by atoms with Crippen LogP contribution >= 0.6 is 11.3 Å². The van der Waals surface area contributed by atoms with Gasteiger partial charge >= 0.3 is 0 Å². The summed E-state index contributed by atoms with van der Waals surface area (Å²) in [6.45, 7) is 5.11. The highest BCUT2D eigenvalue weighted by Gasteiger charge is 2.38. The Morgan fingerprint density at radius 1 is 1.02 bits per heavy atom. The Morgan fingerprint density at radius 3 is 2.67 bits per heavy atom. The summed E-state index contributed by atoms with van der Waals surface area (Å²) in [7, 11) is 0. The van der Waals surface area contributed by atoms with Gasteiger partial charge < -0.3 is 29.9 Å². The average molecular weight is 589 g/mol. The predicted molar refractivity (Wildman–Crippen MR) is 161 cm³/mol. The Kier molecular flexibility index (Phi) is 8.23. The van der Waals surface area contributed by atoms with E-state index in [9.17, 15) is 19.8 Å². The van der Waals surface area contributed by atoms with Crippen LogP contribution in [0.1, 0.15) is 53.8 Å². The van der Waals surface area contributed by atoms with Crippen LogP contribution in [0.5, 0.6) is 0 Å². The molecule has 10 nitrogen and oxygen atoms in total. The molecule has 0 saturated carbocycles. The molecule has 0 radical (unpaired) electrons. The van der Waals surface area contributed by atoms with Gasteiger partial charge in [0.15, 0.2) is 12.2 Å². The van der Waals surface area contributed by atoms with Crippen molar-refractivity contribution in [3.05, 3.63) is 76.0 Å². The molecule has 6 rings (SSSR count). The van der Waals surface area contributed by atoms with Gasteiger partial charge in [-0.2, -0.15) is 0 Å². The number of para-hydroxylation sites is 2. The number of aliphatic hydroxyl groups excluding tert-OH is 2. The van der Waals surface area contributed by atoms with Crippen molar-refractivity contribution >= 4 is 39.9 Å². The van der Waals surface area contributed by atoms with Gasteiger partial charge in [0.1, 0.15) is 10.8 Å². The molecule has 2 fully saturated rings. The number of carbonyl (C=O) groups is 2. The van der Waals surface area contributed by atoms with E-state index in [1.807, 2.05) is 48.7 Å². The fraction of sp³-hybridized carbons (Fsp3) is 0.419. The van der Waals surface area contributed by atoms with E-state index >= 15 is 0 Å². The summed E-state index contributed by atoms with van der Waals surface area (Å²) in [6.07, 6.45) is 0.185.